The zero-order valence-corrected chi connectivity index (χ0v) is 11.1. The first-order valence-corrected chi connectivity index (χ1v) is 6.61. The van der Waals surface area contributed by atoms with Crippen LogP contribution in [0.3, 0.4) is 0 Å². The summed E-state index contributed by atoms with van der Waals surface area (Å²) in [7, 11) is 2.23. The standard InChI is InChI=1S/C17H19N/c1-13-7-6-10-14-11-12-18(2)17(16(13)14)15-8-4-3-5-9-15/h3-10,17H,11-12H2,1-2H3. The Balaban J connectivity index is 2.16. The fourth-order valence-corrected chi connectivity index (χ4v) is 3.05. The molecule has 2 aromatic carbocycles. The van der Waals surface area contributed by atoms with Crippen LogP contribution in [-0.4, -0.2) is 18.5 Å². The van der Waals surface area contributed by atoms with Crippen molar-refractivity contribution in [3.8, 4) is 0 Å². The molecule has 2 aromatic rings. The average Bonchev–Trinajstić information content (AvgIpc) is 2.40. The summed E-state index contributed by atoms with van der Waals surface area (Å²) in [6, 6.07) is 17.9. The van der Waals surface area contributed by atoms with E-state index in [0.29, 0.717) is 6.04 Å². The third-order valence-corrected chi connectivity index (χ3v) is 3.98. The van der Waals surface area contributed by atoms with Crippen LogP contribution in [0.1, 0.15) is 28.3 Å². The summed E-state index contributed by atoms with van der Waals surface area (Å²) < 4.78 is 0. The number of rotatable bonds is 1. The zero-order valence-electron chi connectivity index (χ0n) is 11.1. The number of aryl methyl sites for hydroxylation is 1. The van der Waals surface area contributed by atoms with Crippen LogP contribution < -0.4 is 0 Å². The first kappa shape index (κ1) is 11.5. The zero-order chi connectivity index (χ0) is 12.5. The Bertz CT molecular complexity index is 545. The number of hydrogen-bond acceptors (Lipinski definition) is 1. The van der Waals surface area contributed by atoms with Gasteiger partial charge in [-0.05, 0) is 42.6 Å². The molecule has 0 aromatic heterocycles. The normalized spacial score (nSPS) is 19.6. The summed E-state index contributed by atoms with van der Waals surface area (Å²) >= 11 is 0. The SMILES string of the molecule is Cc1cccc2c1C(c1ccccc1)N(C)CC2. The summed E-state index contributed by atoms with van der Waals surface area (Å²) in [5.41, 5.74) is 5.84. The van der Waals surface area contributed by atoms with Crippen molar-refractivity contribution in [2.24, 2.45) is 0 Å². The fourth-order valence-electron chi connectivity index (χ4n) is 3.05. The lowest BCUT2D eigenvalue weighted by molar-refractivity contribution is 0.264. The van der Waals surface area contributed by atoms with Crippen LogP contribution in [-0.2, 0) is 6.42 Å². The fraction of sp³-hybridized carbons (Fsp3) is 0.294. The molecule has 1 heteroatoms. The second kappa shape index (κ2) is 4.58. The number of nitrogens with zero attached hydrogens (tertiary/aromatic N) is 1. The molecule has 18 heavy (non-hydrogen) atoms. The largest absolute Gasteiger partial charge is 0.295 e. The molecular formula is C17H19N. The minimum absolute atomic E-state index is 0.413. The lowest BCUT2D eigenvalue weighted by Crippen LogP contribution is -2.33. The number of likely N-dealkylation sites (N-methyl/N-ethyl adjacent to an activating group) is 1. The number of benzene rings is 2. The van der Waals surface area contributed by atoms with Gasteiger partial charge < -0.3 is 0 Å². The molecular weight excluding hydrogens is 218 g/mol. The third kappa shape index (κ3) is 1.85. The van der Waals surface area contributed by atoms with Crippen LogP contribution in [0, 0.1) is 6.92 Å². The van der Waals surface area contributed by atoms with Crippen LogP contribution in [0.2, 0.25) is 0 Å². The molecule has 1 nitrogen and oxygen atoms in total. The van der Waals surface area contributed by atoms with Crippen LogP contribution >= 0.6 is 0 Å². The van der Waals surface area contributed by atoms with Crippen molar-refractivity contribution >= 4 is 0 Å². The molecule has 0 fully saturated rings. The van der Waals surface area contributed by atoms with E-state index in [1.165, 1.54) is 22.3 Å². The molecule has 0 saturated heterocycles. The summed E-state index contributed by atoms with van der Waals surface area (Å²) in [5.74, 6) is 0. The van der Waals surface area contributed by atoms with Gasteiger partial charge in [0.25, 0.3) is 0 Å². The topological polar surface area (TPSA) is 3.24 Å². The van der Waals surface area contributed by atoms with Crippen molar-refractivity contribution in [2.75, 3.05) is 13.6 Å². The van der Waals surface area contributed by atoms with Crippen LogP contribution in [0.25, 0.3) is 0 Å². The average molecular weight is 237 g/mol. The van der Waals surface area contributed by atoms with Gasteiger partial charge in [-0.25, -0.2) is 0 Å². The molecule has 0 bridgehead atoms. The predicted octanol–water partition coefficient (Wildman–Crippen LogP) is 3.57. The van der Waals surface area contributed by atoms with Crippen LogP contribution in [0.5, 0.6) is 0 Å². The number of fused-ring (bicyclic) bond motifs is 1. The van der Waals surface area contributed by atoms with Gasteiger partial charge in [-0.3, -0.25) is 4.90 Å². The lowest BCUT2D eigenvalue weighted by atomic mass is 9.86. The van der Waals surface area contributed by atoms with Crippen molar-refractivity contribution in [2.45, 2.75) is 19.4 Å². The van der Waals surface area contributed by atoms with Crippen LogP contribution in [0.4, 0.5) is 0 Å². The lowest BCUT2D eigenvalue weighted by Gasteiger charge is -2.36. The molecule has 1 unspecified atom stereocenters. The van der Waals surface area contributed by atoms with E-state index in [-0.39, 0.29) is 0 Å². The van der Waals surface area contributed by atoms with E-state index in [2.05, 4.69) is 67.4 Å². The van der Waals surface area contributed by atoms with E-state index in [1.54, 1.807) is 0 Å². The molecule has 0 radical (unpaired) electrons. The Morgan fingerprint density at radius 1 is 1.00 bits per heavy atom. The van der Waals surface area contributed by atoms with Gasteiger partial charge in [0, 0.05) is 6.54 Å². The van der Waals surface area contributed by atoms with Crippen LogP contribution in [0.15, 0.2) is 48.5 Å². The van der Waals surface area contributed by atoms with Gasteiger partial charge in [0.2, 0.25) is 0 Å². The van der Waals surface area contributed by atoms with Crippen molar-refractivity contribution in [3.05, 3.63) is 70.8 Å². The molecule has 0 aliphatic carbocycles. The Kier molecular flexibility index (Phi) is 2.92. The molecule has 1 atom stereocenters. The molecule has 1 aliphatic heterocycles. The maximum atomic E-state index is 2.46. The molecule has 0 amide bonds. The highest BCUT2D eigenvalue weighted by Gasteiger charge is 2.26. The molecule has 1 heterocycles. The first-order valence-electron chi connectivity index (χ1n) is 6.61. The summed E-state index contributed by atoms with van der Waals surface area (Å²) in [6.07, 6.45) is 1.16. The Labute approximate surface area is 109 Å². The van der Waals surface area contributed by atoms with Gasteiger partial charge in [-0.15, -0.1) is 0 Å². The van der Waals surface area contributed by atoms with Crippen molar-refractivity contribution in [1.82, 2.24) is 4.90 Å². The van der Waals surface area contributed by atoms with Gasteiger partial charge >= 0.3 is 0 Å². The van der Waals surface area contributed by atoms with Gasteiger partial charge in [0.05, 0.1) is 6.04 Å². The Morgan fingerprint density at radius 3 is 2.56 bits per heavy atom. The predicted molar refractivity (Wildman–Crippen MR) is 75.8 cm³/mol. The van der Waals surface area contributed by atoms with Gasteiger partial charge in [0.1, 0.15) is 0 Å². The quantitative estimate of drug-likeness (QED) is 0.733. The molecule has 0 N–H and O–H groups in total. The van der Waals surface area contributed by atoms with Crippen molar-refractivity contribution < 1.29 is 0 Å². The van der Waals surface area contributed by atoms with E-state index in [4.69, 9.17) is 0 Å². The number of hydrogen-bond donors (Lipinski definition) is 0. The highest BCUT2D eigenvalue weighted by atomic mass is 15.1. The summed E-state index contributed by atoms with van der Waals surface area (Å²) in [6.45, 7) is 3.37. The maximum absolute atomic E-state index is 2.46. The molecule has 0 saturated carbocycles. The second-order valence-electron chi connectivity index (χ2n) is 5.19. The van der Waals surface area contributed by atoms with Gasteiger partial charge in [-0.1, -0.05) is 48.5 Å². The Hall–Kier alpha value is -1.60. The first-order chi connectivity index (χ1) is 8.77. The van der Waals surface area contributed by atoms with Crippen molar-refractivity contribution in [1.29, 1.82) is 0 Å². The summed E-state index contributed by atoms with van der Waals surface area (Å²) in [4.78, 5) is 2.46. The maximum Gasteiger partial charge on any atom is 0.0604 e. The van der Waals surface area contributed by atoms with E-state index in [1.807, 2.05) is 0 Å². The second-order valence-corrected chi connectivity index (χ2v) is 5.19. The third-order valence-electron chi connectivity index (χ3n) is 3.98. The van der Waals surface area contributed by atoms with E-state index in [9.17, 15) is 0 Å². The highest BCUT2D eigenvalue weighted by molar-refractivity contribution is 5.44. The van der Waals surface area contributed by atoms with E-state index < -0.39 is 0 Å². The Morgan fingerprint density at radius 2 is 1.78 bits per heavy atom. The highest BCUT2D eigenvalue weighted by Crippen LogP contribution is 2.35. The van der Waals surface area contributed by atoms with Gasteiger partial charge in [0.15, 0.2) is 0 Å². The smallest absolute Gasteiger partial charge is 0.0604 e. The molecule has 0 spiro atoms. The van der Waals surface area contributed by atoms with Crippen molar-refractivity contribution in [3.63, 3.8) is 0 Å². The minimum Gasteiger partial charge on any atom is -0.295 e. The monoisotopic (exact) mass is 237 g/mol. The van der Waals surface area contributed by atoms with E-state index in [0.717, 1.165) is 13.0 Å². The minimum atomic E-state index is 0.413. The summed E-state index contributed by atoms with van der Waals surface area (Å²) in [5, 5.41) is 0. The molecule has 3 rings (SSSR count). The van der Waals surface area contributed by atoms with E-state index >= 15 is 0 Å². The van der Waals surface area contributed by atoms with Gasteiger partial charge in [-0.2, -0.15) is 0 Å². The molecule has 92 valence electrons. The molecule has 1 aliphatic rings.